The molecule has 0 aliphatic carbocycles. The van der Waals surface area contributed by atoms with Gasteiger partial charge in [0.25, 0.3) is 5.91 Å². The van der Waals surface area contributed by atoms with Crippen LogP contribution in [0, 0.1) is 0 Å². The highest BCUT2D eigenvalue weighted by atomic mass is 16.5. The maximum absolute atomic E-state index is 12.8. The molecule has 2 N–H and O–H groups in total. The van der Waals surface area contributed by atoms with Crippen molar-refractivity contribution in [1.82, 2.24) is 15.4 Å². The SMILES string of the molecule is O=C(C=Cc1cccc(C=CC(=O)c2ccccc2CN2CCOCC2)n1)NO. The van der Waals surface area contributed by atoms with E-state index in [0.29, 0.717) is 36.7 Å². The van der Waals surface area contributed by atoms with E-state index in [2.05, 4.69) is 9.88 Å². The molecule has 7 heteroatoms. The van der Waals surface area contributed by atoms with E-state index in [1.165, 1.54) is 23.7 Å². The number of benzene rings is 1. The van der Waals surface area contributed by atoms with Gasteiger partial charge in [0.2, 0.25) is 0 Å². The van der Waals surface area contributed by atoms with Crippen molar-refractivity contribution in [2.24, 2.45) is 0 Å². The van der Waals surface area contributed by atoms with E-state index in [0.717, 1.165) is 18.7 Å². The molecule has 1 fully saturated rings. The number of carbonyl (C=O) groups is 2. The lowest BCUT2D eigenvalue weighted by Crippen LogP contribution is -2.36. The van der Waals surface area contributed by atoms with Gasteiger partial charge in [0.1, 0.15) is 0 Å². The lowest BCUT2D eigenvalue weighted by Gasteiger charge is -2.27. The molecule has 0 bridgehead atoms. The highest BCUT2D eigenvalue weighted by molar-refractivity contribution is 6.07. The number of rotatable bonds is 7. The third-order valence-corrected chi connectivity index (χ3v) is 4.49. The molecule has 1 aromatic carbocycles. The second kappa shape index (κ2) is 10.4. The molecular formula is C22H23N3O4. The molecule has 3 rings (SSSR count). The molecule has 1 aromatic heterocycles. The van der Waals surface area contributed by atoms with Crippen LogP contribution in [0.15, 0.2) is 54.6 Å². The predicted molar refractivity (Wildman–Crippen MR) is 109 cm³/mol. The van der Waals surface area contributed by atoms with Crippen LogP contribution in [0.2, 0.25) is 0 Å². The number of nitrogens with zero attached hydrogens (tertiary/aromatic N) is 2. The van der Waals surface area contributed by atoms with Crippen LogP contribution >= 0.6 is 0 Å². The van der Waals surface area contributed by atoms with E-state index in [9.17, 15) is 9.59 Å². The molecule has 0 spiro atoms. The van der Waals surface area contributed by atoms with Crippen LogP contribution in [0.25, 0.3) is 12.2 Å². The van der Waals surface area contributed by atoms with Crippen molar-refractivity contribution in [1.29, 1.82) is 0 Å². The van der Waals surface area contributed by atoms with Crippen molar-refractivity contribution in [3.05, 3.63) is 77.1 Å². The molecule has 1 aliphatic rings. The minimum absolute atomic E-state index is 0.0868. The van der Waals surface area contributed by atoms with E-state index in [4.69, 9.17) is 9.94 Å². The first-order valence-electron chi connectivity index (χ1n) is 9.35. The van der Waals surface area contributed by atoms with Crippen LogP contribution in [-0.2, 0) is 16.1 Å². The van der Waals surface area contributed by atoms with E-state index in [-0.39, 0.29) is 5.78 Å². The summed E-state index contributed by atoms with van der Waals surface area (Å²) in [4.78, 5) is 30.5. The second-order valence-electron chi connectivity index (χ2n) is 6.54. The number of nitrogens with one attached hydrogen (secondary N) is 1. The zero-order valence-corrected chi connectivity index (χ0v) is 16.0. The van der Waals surface area contributed by atoms with Crippen molar-refractivity contribution in [2.75, 3.05) is 26.3 Å². The summed E-state index contributed by atoms with van der Waals surface area (Å²) in [5.41, 5.74) is 4.31. The number of allylic oxidation sites excluding steroid dienone is 1. The minimum Gasteiger partial charge on any atom is -0.379 e. The van der Waals surface area contributed by atoms with E-state index < -0.39 is 5.91 Å². The average Bonchev–Trinajstić information content (AvgIpc) is 2.77. The number of morpholine rings is 1. The number of aromatic nitrogens is 1. The van der Waals surface area contributed by atoms with Gasteiger partial charge in [0.05, 0.1) is 24.6 Å². The Labute approximate surface area is 169 Å². The first-order chi connectivity index (χ1) is 14.2. The monoisotopic (exact) mass is 393 g/mol. The standard InChI is InChI=1S/C22H23N3O4/c26-21(10-8-18-5-3-6-19(23-18)9-11-22(27)24-28)20-7-2-1-4-17(20)16-25-12-14-29-15-13-25/h1-11,28H,12-16H2,(H,24,27). The fraction of sp³-hybridized carbons (Fsp3) is 0.227. The fourth-order valence-corrected chi connectivity index (χ4v) is 3.00. The summed E-state index contributed by atoms with van der Waals surface area (Å²) in [6.07, 6.45) is 5.80. The Morgan fingerprint density at radius 2 is 1.72 bits per heavy atom. The number of carbonyl (C=O) groups excluding carboxylic acids is 2. The first kappa shape index (κ1) is 20.6. The molecule has 29 heavy (non-hydrogen) atoms. The van der Waals surface area contributed by atoms with Crippen molar-refractivity contribution < 1.29 is 19.5 Å². The lowest BCUT2D eigenvalue weighted by molar-refractivity contribution is -0.124. The van der Waals surface area contributed by atoms with Gasteiger partial charge < -0.3 is 4.74 Å². The minimum atomic E-state index is -0.639. The van der Waals surface area contributed by atoms with Crippen molar-refractivity contribution in [3.8, 4) is 0 Å². The third kappa shape index (κ3) is 6.18. The summed E-state index contributed by atoms with van der Waals surface area (Å²) in [5.74, 6) is -0.726. The van der Waals surface area contributed by atoms with Crippen LogP contribution < -0.4 is 5.48 Å². The van der Waals surface area contributed by atoms with Gasteiger partial charge in [-0.2, -0.15) is 0 Å². The number of ketones is 1. The average molecular weight is 393 g/mol. The topological polar surface area (TPSA) is 91.8 Å². The van der Waals surface area contributed by atoms with Gasteiger partial charge in [-0.15, -0.1) is 0 Å². The number of ether oxygens (including phenoxy) is 1. The Bertz CT molecular complexity index is 918. The van der Waals surface area contributed by atoms with Crippen molar-refractivity contribution in [2.45, 2.75) is 6.54 Å². The Balaban J connectivity index is 1.71. The number of hydrogen-bond acceptors (Lipinski definition) is 6. The molecule has 1 saturated heterocycles. The lowest BCUT2D eigenvalue weighted by atomic mass is 10.0. The van der Waals surface area contributed by atoms with Crippen molar-refractivity contribution >= 4 is 23.8 Å². The number of amides is 1. The zero-order chi connectivity index (χ0) is 20.5. The molecule has 0 unspecified atom stereocenters. The van der Waals surface area contributed by atoms with Crippen LogP contribution in [0.5, 0.6) is 0 Å². The second-order valence-corrected chi connectivity index (χ2v) is 6.54. The molecule has 150 valence electrons. The number of pyridine rings is 1. The molecule has 1 amide bonds. The molecule has 2 heterocycles. The summed E-state index contributed by atoms with van der Waals surface area (Å²) in [5, 5.41) is 8.52. The zero-order valence-electron chi connectivity index (χ0n) is 16.0. The fourth-order valence-electron chi connectivity index (χ4n) is 3.00. The van der Waals surface area contributed by atoms with E-state index in [1.807, 2.05) is 24.3 Å². The molecule has 0 radical (unpaired) electrons. The number of hydrogen-bond donors (Lipinski definition) is 2. The maximum atomic E-state index is 12.8. The highest BCUT2D eigenvalue weighted by Crippen LogP contribution is 2.15. The van der Waals surface area contributed by atoms with Crippen LogP contribution in [0.1, 0.15) is 27.3 Å². The molecule has 1 aliphatic heterocycles. The van der Waals surface area contributed by atoms with Gasteiger partial charge in [-0.05, 0) is 35.9 Å². The molecule has 0 atom stereocenters. The normalized spacial score (nSPS) is 15.1. The summed E-state index contributed by atoms with van der Waals surface area (Å²) < 4.78 is 5.38. The maximum Gasteiger partial charge on any atom is 0.267 e. The predicted octanol–water partition coefficient (Wildman–Crippen LogP) is 2.33. The van der Waals surface area contributed by atoms with Crippen LogP contribution in [-0.4, -0.2) is 53.1 Å². The van der Waals surface area contributed by atoms with Gasteiger partial charge in [-0.25, -0.2) is 10.5 Å². The van der Waals surface area contributed by atoms with Gasteiger partial charge in [0, 0.05) is 31.3 Å². The molecular weight excluding hydrogens is 370 g/mol. The summed E-state index contributed by atoms with van der Waals surface area (Å²) in [6.45, 7) is 3.86. The Kier molecular flexibility index (Phi) is 7.40. The largest absolute Gasteiger partial charge is 0.379 e. The van der Waals surface area contributed by atoms with Gasteiger partial charge >= 0.3 is 0 Å². The summed E-state index contributed by atoms with van der Waals surface area (Å²) in [7, 11) is 0. The smallest absolute Gasteiger partial charge is 0.267 e. The molecule has 2 aromatic rings. The van der Waals surface area contributed by atoms with Crippen molar-refractivity contribution in [3.63, 3.8) is 0 Å². The molecule has 7 nitrogen and oxygen atoms in total. The first-order valence-corrected chi connectivity index (χ1v) is 9.35. The Hall–Kier alpha value is -3.13. The van der Waals surface area contributed by atoms with Gasteiger partial charge in [-0.1, -0.05) is 30.3 Å². The molecule has 0 saturated carbocycles. The Morgan fingerprint density at radius 3 is 2.45 bits per heavy atom. The van der Waals surface area contributed by atoms with Crippen LogP contribution in [0.3, 0.4) is 0 Å². The third-order valence-electron chi connectivity index (χ3n) is 4.49. The number of hydroxylamine groups is 1. The van der Waals surface area contributed by atoms with E-state index >= 15 is 0 Å². The summed E-state index contributed by atoms with van der Waals surface area (Å²) >= 11 is 0. The quantitative estimate of drug-likeness (QED) is 0.325. The van der Waals surface area contributed by atoms with Crippen LogP contribution in [0.4, 0.5) is 0 Å². The van der Waals surface area contributed by atoms with Gasteiger partial charge in [0.15, 0.2) is 5.78 Å². The van der Waals surface area contributed by atoms with Gasteiger partial charge in [-0.3, -0.25) is 19.7 Å². The Morgan fingerprint density at radius 1 is 1.03 bits per heavy atom. The highest BCUT2D eigenvalue weighted by Gasteiger charge is 2.14. The van der Waals surface area contributed by atoms with E-state index in [1.54, 1.807) is 24.3 Å². The summed E-state index contributed by atoms with van der Waals surface area (Å²) in [6, 6.07) is 12.9.